The number of hydrogen-bond donors (Lipinski definition) is 0. The molecule has 0 bridgehead atoms. The van der Waals surface area contributed by atoms with Crippen LogP contribution in [0.15, 0.2) is 23.6 Å². The molecule has 0 saturated carbocycles. The molecule has 0 aromatic carbocycles. The Morgan fingerprint density at radius 2 is 2.25 bits per heavy atom. The van der Waals surface area contributed by atoms with Gasteiger partial charge in [-0.2, -0.15) is 0 Å². The van der Waals surface area contributed by atoms with Crippen LogP contribution < -0.4 is 0 Å². The molecule has 0 saturated heterocycles. The van der Waals surface area contributed by atoms with Crippen LogP contribution >= 0.6 is 11.3 Å². The average Bonchev–Trinajstić information content (AvgIpc) is 2.64. The Balaban J connectivity index is 2.14. The second kappa shape index (κ2) is 4.09. The lowest BCUT2D eigenvalue weighted by molar-refractivity contribution is -0.0200. The van der Waals surface area contributed by atoms with E-state index in [1.54, 1.807) is 23.5 Å². The third-order valence-corrected chi connectivity index (χ3v) is 3.44. The Hall–Kier alpha value is -1.03. The Kier molecular flexibility index (Phi) is 2.93. The number of rotatable bonds is 2. The maximum atomic E-state index is 13.0. The molecule has 0 aliphatic heterocycles. The highest BCUT2D eigenvalue weighted by molar-refractivity contribution is 7.09. The van der Waals surface area contributed by atoms with Crippen LogP contribution in [0.5, 0.6) is 0 Å². The van der Waals surface area contributed by atoms with Crippen molar-refractivity contribution in [1.82, 2.24) is 4.98 Å². The summed E-state index contributed by atoms with van der Waals surface area (Å²) in [5.41, 5.74) is 1.83. The summed E-state index contributed by atoms with van der Waals surface area (Å²) in [6, 6.07) is 0. The molecule has 1 aromatic heterocycles. The van der Waals surface area contributed by atoms with Crippen molar-refractivity contribution in [2.24, 2.45) is 5.92 Å². The molecule has 0 radical (unpaired) electrons. The number of aromatic nitrogens is 1. The number of halogens is 2. The first-order valence-electron chi connectivity index (χ1n) is 5.15. The van der Waals surface area contributed by atoms with E-state index in [9.17, 15) is 8.78 Å². The largest absolute Gasteiger partial charge is 0.251 e. The minimum absolute atomic E-state index is 0.381. The Morgan fingerprint density at radius 1 is 1.50 bits per heavy atom. The normalized spacial score (nSPS) is 21.0. The molecule has 1 aliphatic rings. The summed E-state index contributed by atoms with van der Waals surface area (Å²) in [6.45, 7) is 2.90. The van der Waals surface area contributed by atoms with Gasteiger partial charge in [-0.25, -0.2) is 13.8 Å². The van der Waals surface area contributed by atoms with E-state index in [-0.39, 0.29) is 0 Å². The molecule has 1 atom stereocenters. The molecule has 0 amide bonds. The maximum absolute atomic E-state index is 13.0. The fraction of sp³-hybridized carbons (Fsp3) is 0.417. The second-order valence-electron chi connectivity index (χ2n) is 4.07. The van der Waals surface area contributed by atoms with Gasteiger partial charge in [-0.1, -0.05) is 18.2 Å². The summed E-state index contributed by atoms with van der Waals surface area (Å²) in [6.07, 6.45) is 5.56. The minimum atomic E-state index is -2.64. The quantitative estimate of drug-likeness (QED) is 0.760. The maximum Gasteiger partial charge on any atom is 0.251 e. The molecule has 86 valence electrons. The number of thiazole rings is 1. The minimum Gasteiger partial charge on any atom is -0.242 e. The van der Waals surface area contributed by atoms with Gasteiger partial charge in [-0.15, -0.1) is 11.3 Å². The van der Waals surface area contributed by atoms with Crippen LogP contribution in [-0.4, -0.2) is 10.9 Å². The predicted octanol–water partition coefficient (Wildman–Crippen LogP) is 4.07. The van der Waals surface area contributed by atoms with Gasteiger partial charge < -0.3 is 0 Å². The average molecular weight is 241 g/mol. The molecule has 1 unspecified atom stereocenters. The molecule has 16 heavy (non-hydrogen) atoms. The van der Waals surface area contributed by atoms with Crippen LogP contribution in [0.2, 0.25) is 0 Å². The van der Waals surface area contributed by atoms with Crippen LogP contribution in [0, 0.1) is 12.8 Å². The van der Waals surface area contributed by atoms with E-state index in [2.05, 4.69) is 4.98 Å². The van der Waals surface area contributed by atoms with Gasteiger partial charge in [0.25, 0.3) is 5.92 Å². The summed E-state index contributed by atoms with van der Waals surface area (Å²) >= 11 is 1.57. The number of alkyl halides is 2. The molecular weight excluding hydrogens is 228 g/mol. The molecule has 1 aromatic rings. The molecule has 0 N–H and O–H groups in total. The van der Waals surface area contributed by atoms with Gasteiger partial charge in [-0.05, 0) is 25.8 Å². The van der Waals surface area contributed by atoms with E-state index in [1.807, 2.05) is 18.4 Å². The SMILES string of the molecule is Cc1nc(C2=CCC(C(C)(F)F)C=C2)cs1. The lowest BCUT2D eigenvalue weighted by Gasteiger charge is -2.21. The molecule has 0 spiro atoms. The van der Waals surface area contributed by atoms with Crippen molar-refractivity contribution < 1.29 is 8.78 Å². The van der Waals surface area contributed by atoms with Gasteiger partial charge in [0.2, 0.25) is 0 Å². The van der Waals surface area contributed by atoms with Gasteiger partial charge >= 0.3 is 0 Å². The molecule has 4 heteroatoms. The van der Waals surface area contributed by atoms with Gasteiger partial charge in [0.05, 0.1) is 10.7 Å². The van der Waals surface area contributed by atoms with Crippen LogP contribution in [0.25, 0.3) is 5.57 Å². The van der Waals surface area contributed by atoms with Gasteiger partial charge in [-0.3, -0.25) is 0 Å². The second-order valence-corrected chi connectivity index (χ2v) is 5.13. The highest BCUT2D eigenvalue weighted by Crippen LogP contribution is 2.33. The van der Waals surface area contributed by atoms with Crippen molar-refractivity contribution in [3.63, 3.8) is 0 Å². The number of aryl methyl sites for hydroxylation is 1. The zero-order chi connectivity index (χ0) is 11.8. The summed E-state index contributed by atoms with van der Waals surface area (Å²) in [4.78, 5) is 4.33. The standard InChI is InChI=1S/C12H13F2NS/c1-8-15-11(7-16-8)9-3-5-10(6-4-9)12(2,13)14/h3-5,7,10H,6H2,1-2H3. The summed E-state index contributed by atoms with van der Waals surface area (Å²) in [7, 11) is 0. The van der Waals surface area contributed by atoms with Crippen molar-refractivity contribution in [3.8, 4) is 0 Å². The van der Waals surface area contributed by atoms with Crippen LogP contribution in [-0.2, 0) is 0 Å². The Morgan fingerprint density at radius 3 is 2.69 bits per heavy atom. The summed E-state index contributed by atoms with van der Waals surface area (Å²) < 4.78 is 26.1. The predicted molar refractivity (Wildman–Crippen MR) is 62.7 cm³/mol. The Labute approximate surface area is 97.5 Å². The van der Waals surface area contributed by atoms with E-state index in [1.165, 1.54) is 0 Å². The van der Waals surface area contributed by atoms with Gasteiger partial charge in [0.15, 0.2) is 0 Å². The molecule has 1 nitrogen and oxygen atoms in total. The lowest BCUT2D eigenvalue weighted by Crippen LogP contribution is -2.23. The van der Waals surface area contributed by atoms with Crippen molar-refractivity contribution in [3.05, 3.63) is 34.3 Å². The van der Waals surface area contributed by atoms with Crippen LogP contribution in [0.4, 0.5) is 8.78 Å². The van der Waals surface area contributed by atoms with E-state index < -0.39 is 11.8 Å². The van der Waals surface area contributed by atoms with Crippen molar-refractivity contribution in [1.29, 1.82) is 0 Å². The third kappa shape index (κ3) is 2.38. The zero-order valence-electron chi connectivity index (χ0n) is 9.21. The van der Waals surface area contributed by atoms with Crippen molar-refractivity contribution in [2.75, 3.05) is 0 Å². The number of hydrogen-bond acceptors (Lipinski definition) is 2. The van der Waals surface area contributed by atoms with E-state index in [4.69, 9.17) is 0 Å². The first-order chi connectivity index (χ1) is 7.47. The third-order valence-electron chi connectivity index (χ3n) is 2.67. The molecular formula is C12H13F2NS. The summed E-state index contributed by atoms with van der Waals surface area (Å²) in [5.74, 6) is -3.33. The topological polar surface area (TPSA) is 12.9 Å². The smallest absolute Gasteiger partial charge is 0.242 e. The molecule has 1 aliphatic carbocycles. The van der Waals surface area contributed by atoms with E-state index >= 15 is 0 Å². The van der Waals surface area contributed by atoms with Crippen molar-refractivity contribution >= 4 is 16.9 Å². The Bertz CT molecular complexity index is 440. The van der Waals surface area contributed by atoms with Crippen molar-refractivity contribution in [2.45, 2.75) is 26.2 Å². The van der Waals surface area contributed by atoms with Gasteiger partial charge in [0.1, 0.15) is 0 Å². The zero-order valence-corrected chi connectivity index (χ0v) is 10.0. The fourth-order valence-electron chi connectivity index (χ4n) is 1.68. The number of nitrogens with zero attached hydrogens (tertiary/aromatic N) is 1. The molecule has 1 heterocycles. The monoisotopic (exact) mass is 241 g/mol. The first kappa shape index (κ1) is 11.5. The first-order valence-corrected chi connectivity index (χ1v) is 6.03. The highest BCUT2D eigenvalue weighted by atomic mass is 32.1. The van der Waals surface area contributed by atoms with Gasteiger partial charge in [0, 0.05) is 11.3 Å². The van der Waals surface area contributed by atoms with Crippen LogP contribution in [0.1, 0.15) is 24.0 Å². The van der Waals surface area contributed by atoms with E-state index in [0.717, 1.165) is 23.2 Å². The lowest BCUT2D eigenvalue weighted by atomic mass is 9.91. The molecule has 2 rings (SSSR count). The fourth-order valence-corrected chi connectivity index (χ4v) is 2.30. The van der Waals surface area contributed by atoms with Crippen LogP contribution in [0.3, 0.4) is 0 Å². The number of allylic oxidation sites excluding steroid dienone is 4. The summed E-state index contributed by atoms with van der Waals surface area (Å²) in [5, 5.41) is 2.95. The van der Waals surface area contributed by atoms with E-state index in [0.29, 0.717) is 6.42 Å². The molecule has 0 fully saturated rings. The highest BCUT2D eigenvalue weighted by Gasteiger charge is 2.32.